The summed E-state index contributed by atoms with van der Waals surface area (Å²) in [4.78, 5) is 21.4. The summed E-state index contributed by atoms with van der Waals surface area (Å²) in [7, 11) is 0. The van der Waals surface area contributed by atoms with E-state index in [-0.39, 0.29) is 17.6 Å². The number of nitrogens with two attached hydrogens (primary N) is 1. The molecule has 1 spiro atoms. The maximum Gasteiger partial charge on any atom is 0.225 e. The number of hydrogen-bond donors (Lipinski definition) is 2. The van der Waals surface area contributed by atoms with Crippen LogP contribution in [0.1, 0.15) is 19.8 Å². The number of aromatic nitrogens is 4. The van der Waals surface area contributed by atoms with Crippen LogP contribution in [0.4, 0.5) is 17.5 Å². The van der Waals surface area contributed by atoms with Gasteiger partial charge in [0.25, 0.3) is 0 Å². The standard InChI is InChI=1S/C23H26ClN7OS/c1-15-21(25)23(13-32-15)6-9-31(10-7-23)22-27-11-16(12-28-22)33-18-4-2-3-17(20(18)24)30-19-5-8-26-14-29-19/h2-5,8,11-12,14-15,21H,6-7,9-10,13,25H2,1H3,(H,26,29,30)/t15-,21+/m0/s1. The number of rotatable bonds is 5. The summed E-state index contributed by atoms with van der Waals surface area (Å²) >= 11 is 8.18. The molecule has 0 saturated carbocycles. The zero-order chi connectivity index (χ0) is 22.8. The van der Waals surface area contributed by atoms with Crippen LogP contribution in [0.15, 0.2) is 59.0 Å². The van der Waals surface area contributed by atoms with Gasteiger partial charge in [-0.15, -0.1) is 0 Å². The molecule has 0 amide bonds. The fraction of sp³-hybridized carbons (Fsp3) is 0.391. The third-order valence-corrected chi connectivity index (χ3v) is 8.06. The fourth-order valence-corrected chi connectivity index (χ4v) is 5.57. The molecule has 172 valence electrons. The van der Waals surface area contributed by atoms with Crippen LogP contribution in [0, 0.1) is 5.41 Å². The summed E-state index contributed by atoms with van der Waals surface area (Å²) in [6.07, 6.45) is 9.01. The monoisotopic (exact) mass is 483 g/mol. The lowest BCUT2D eigenvalue weighted by molar-refractivity contribution is 0.0973. The molecule has 0 bridgehead atoms. The van der Waals surface area contributed by atoms with E-state index in [0.717, 1.165) is 54.0 Å². The van der Waals surface area contributed by atoms with Gasteiger partial charge in [0.2, 0.25) is 5.95 Å². The highest BCUT2D eigenvalue weighted by Crippen LogP contribution is 2.42. The van der Waals surface area contributed by atoms with E-state index in [1.807, 2.05) is 30.6 Å². The third-order valence-electron chi connectivity index (χ3n) is 6.54. The number of anilines is 3. The van der Waals surface area contributed by atoms with Crippen molar-refractivity contribution in [1.29, 1.82) is 0 Å². The lowest BCUT2D eigenvalue weighted by Gasteiger charge is -2.41. The van der Waals surface area contributed by atoms with Gasteiger partial charge in [0.15, 0.2) is 0 Å². The number of nitrogens with zero attached hydrogens (tertiary/aromatic N) is 5. The van der Waals surface area contributed by atoms with Crippen molar-refractivity contribution in [2.75, 3.05) is 29.9 Å². The van der Waals surface area contributed by atoms with Gasteiger partial charge in [-0.1, -0.05) is 29.4 Å². The molecule has 0 unspecified atom stereocenters. The van der Waals surface area contributed by atoms with E-state index in [1.54, 1.807) is 12.3 Å². The van der Waals surface area contributed by atoms with Crippen molar-refractivity contribution < 1.29 is 4.74 Å². The quantitative estimate of drug-likeness (QED) is 0.554. The highest BCUT2D eigenvalue weighted by Gasteiger charge is 2.47. The Morgan fingerprint density at radius 2 is 1.97 bits per heavy atom. The third kappa shape index (κ3) is 4.63. The fourth-order valence-electron chi connectivity index (χ4n) is 4.47. The molecule has 3 aromatic rings. The summed E-state index contributed by atoms with van der Waals surface area (Å²) < 4.78 is 5.82. The van der Waals surface area contributed by atoms with Crippen LogP contribution in [0.2, 0.25) is 5.02 Å². The number of nitrogens with one attached hydrogen (secondary N) is 1. The van der Waals surface area contributed by atoms with Crippen LogP contribution in [0.3, 0.4) is 0 Å². The Labute approximate surface area is 202 Å². The molecule has 10 heteroatoms. The Morgan fingerprint density at radius 1 is 1.18 bits per heavy atom. The van der Waals surface area contributed by atoms with Gasteiger partial charge in [-0.25, -0.2) is 19.9 Å². The average Bonchev–Trinajstić information content (AvgIpc) is 3.12. The SMILES string of the molecule is C[C@@H]1OCC2(CCN(c3ncc(Sc4cccc(Nc5ccncn5)c4Cl)cn3)CC2)[C@@H]1N. The van der Waals surface area contributed by atoms with Gasteiger partial charge in [0.1, 0.15) is 12.1 Å². The van der Waals surface area contributed by atoms with E-state index in [4.69, 9.17) is 22.1 Å². The number of ether oxygens (including phenoxy) is 1. The van der Waals surface area contributed by atoms with E-state index in [1.165, 1.54) is 18.1 Å². The van der Waals surface area contributed by atoms with Crippen molar-refractivity contribution in [3.05, 3.63) is 54.2 Å². The molecule has 2 aliphatic rings. The molecule has 3 N–H and O–H groups in total. The molecule has 5 rings (SSSR count). The highest BCUT2D eigenvalue weighted by atomic mass is 35.5. The topological polar surface area (TPSA) is 102 Å². The van der Waals surface area contributed by atoms with E-state index in [9.17, 15) is 0 Å². The van der Waals surface area contributed by atoms with Gasteiger partial charge in [-0.3, -0.25) is 0 Å². The molecule has 1 aromatic carbocycles. The first-order valence-electron chi connectivity index (χ1n) is 11.0. The molecular formula is C23H26ClN7OS. The van der Waals surface area contributed by atoms with Gasteiger partial charge in [-0.05, 0) is 38.0 Å². The summed E-state index contributed by atoms with van der Waals surface area (Å²) in [5.74, 6) is 1.43. The molecule has 0 aliphatic carbocycles. The zero-order valence-corrected chi connectivity index (χ0v) is 19.9. The first kappa shape index (κ1) is 22.3. The number of piperidine rings is 1. The number of hydrogen-bond acceptors (Lipinski definition) is 9. The predicted octanol–water partition coefficient (Wildman–Crippen LogP) is 4.15. The van der Waals surface area contributed by atoms with Crippen LogP contribution in [-0.2, 0) is 4.74 Å². The average molecular weight is 484 g/mol. The van der Waals surface area contributed by atoms with Crippen LogP contribution >= 0.6 is 23.4 Å². The van der Waals surface area contributed by atoms with Gasteiger partial charge in [0, 0.05) is 52.9 Å². The highest BCUT2D eigenvalue weighted by molar-refractivity contribution is 7.99. The van der Waals surface area contributed by atoms with E-state index < -0.39 is 0 Å². The van der Waals surface area contributed by atoms with Crippen molar-refractivity contribution in [2.24, 2.45) is 11.1 Å². The van der Waals surface area contributed by atoms with E-state index in [2.05, 4.69) is 37.1 Å². The van der Waals surface area contributed by atoms with Crippen LogP contribution < -0.4 is 16.0 Å². The molecule has 2 aromatic heterocycles. The lowest BCUT2D eigenvalue weighted by Crippen LogP contribution is -2.50. The van der Waals surface area contributed by atoms with Gasteiger partial charge in [-0.2, -0.15) is 0 Å². The lowest BCUT2D eigenvalue weighted by atomic mass is 9.73. The van der Waals surface area contributed by atoms with Crippen LogP contribution in [0.25, 0.3) is 0 Å². The minimum atomic E-state index is 0.0906. The first-order valence-corrected chi connectivity index (χ1v) is 12.2. The molecule has 2 saturated heterocycles. The predicted molar refractivity (Wildman–Crippen MR) is 130 cm³/mol. The van der Waals surface area contributed by atoms with Crippen molar-refractivity contribution in [2.45, 2.75) is 41.7 Å². The van der Waals surface area contributed by atoms with Crippen molar-refractivity contribution >= 4 is 40.8 Å². The van der Waals surface area contributed by atoms with Gasteiger partial charge in [0.05, 0.1) is 23.4 Å². The molecule has 8 nitrogen and oxygen atoms in total. The Hall–Kier alpha value is -2.46. The molecular weight excluding hydrogens is 458 g/mol. The van der Waals surface area contributed by atoms with Crippen LogP contribution in [-0.4, -0.2) is 51.8 Å². The maximum atomic E-state index is 6.65. The molecule has 2 atom stereocenters. The summed E-state index contributed by atoms with van der Waals surface area (Å²) in [6.45, 7) is 4.60. The molecule has 2 fully saturated rings. The number of benzene rings is 1. The second-order valence-electron chi connectivity index (χ2n) is 8.55. The van der Waals surface area contributed by atoms with E-state index >= 15 is 0 Å². The molecule has 4 heterocycles. The maximum absolute atomic E-state index is 6.65. The van der Waals surface area contributed by atoms with Crippen molar-refractivity contribution in [1.82, 2.24) is 19.9 Å². The zero-order valence-electron chi connectivity index (χ0n) is 18.3. The summed E-state index contributed by atoms with van der Waals surface area (Å²) in [5, 5.41) is 3.85. The van der Waals surface area contributed by atoms with E-state index in [0.29, 0.717) is 10.8 Å². The van der Waals surface area contributed by atoms with Crippen LogP contribution in [0.5, 0.6) is 0 Å². The Balaban J connectivity index is 1.23. The Morgan fingerprint density at radius 3 is 2.64 bits per heavy atom. The van der Waals surface area contributed by atoms with Crippen molar-refractivity contribution in [3.8, 4) is 0 Å². The van der Waals surface area contributed by atoms with Gasteiger partial charge < -0.3 is 20.7 Å². The second kappa shape index (κ2) is 9.42. The minimum absolute atomic E-state index is 0.0906. The molecule has 2 aliphatic heterocycles. The largest absolute Gasteiger partial charge is 0.376 e. The molecule has 33 heavy (non-hydrogen) atoms. The summed E-state index contributed by atoms with van der Waals surface area (Å²) in [5.41, 5.74) is 7.30. The van der Waals surface area contributed by atoms with Gasteiger partial charge >= 0.3 is 0 Å². The Bertz CT molecular complexity index is 1090. The first-order chi connectivity index (χ1) is 16.0. The number of halogens is 1. The minimum Gasteiger partial charge on any atom is -0.376 e. The normalized spacial score (nSPS) is 22.0. The molecule has 0 radical (unpaired) electrons. The second-order valence-corrected chi connectivity index (χ2v) is 10.0. The summed E-state index contributed by atoms with van der Waals surface area (Å²) in [6, 6.07) is 7.74. The smallest absolute Gasteiger partial charge is 0.225 e. The van der Waals surface area contributed by atoms with Crippen molar-refractivity contribution in [3.63, 3.8) is 0 Å². The Kier molecular flexibility index (Phi) is 6.38.